The van der Waals surface area contributed by atoms with E-state index in [4.69, 9.17) is 9.73 Å². The van der Waals surface area contributed by atoms with E-state index in [1.807, 2.05) is 27.7 Å². The summed E-state index contributed by atoms with van der Waals surface area (Å²) in [6, 6.07) is 0.301. The summed E-state index contributed by atoms with van der Waals surface area (Å²) in [5, 5.41) is 12.6. The van der Waals surface area contributed by atoms with E-state index in [-0.39, 0.29) is 29.9 Å². The number of alkyl carbamates (subject to hydrolysis) is 1. The lowest BCUT2D eigenvalue weighted by atomic mass is 9.93. The lowest BCUT2D eigenvalue weighted by Gasteiger charge is -2.34. The van der Waals surface area contributed by atoms with Gasteiger partial charge in [0.1, 0.15) is 5.60 Å². The zero-order chi connectivity index (χ0) is 23.5. The van der Waals surface area contributed by atoms with Crippen molar-refractivity contribution >= 4 is 41.9 Å². The van der Waals surface area contributed by atoms with Crippen LogP contribution in [0.25, 0.3) is 0 Å². The molecule has 1 heterocycles. The Morgan fingerprint density at radius 3 is 2.16 bits per heavy atom. The van der Waals surface area contributed by atoms with E-state index < -0.39 is 17.2 Å². The quantitative estimate of drug-likeness (QED) is 0.194. The molecular weight excluding hydrogens is 523 g/mol. The third-order valence-corrected chi connectivity index (χ3v) is 5.58. The Balaban J connectivity index is 0.00000961. The van der Waals surface area contributed by atoms with Crippen molar-refractivity contribution in [2.75, 3.05) is 39.8 Å². The summed E-state index contributed by atoms with van der Waals surface area (Å²) in [6.45, 7) is 15.1. The number of carbonyl (C=O) groups is 2. The second-order valence-corrected chi connectivity index (χ2v) is 9.18. The number of guanidine groups is 1. The van der Waals surface area contributed by atoms with Crippen LogP contribution in [0, 0.1) is 0 Å². The van der Waals surface area contributed by atoms with Crippen LogP contribution in [-0.2, 0) is 9.53 Å². The third kappa shape index (κ3) is 11.5. The molecule has 1 aliphatic heterocycles. The van der Waals surface area contributed by atoms with Crippen LogP contribution in [0.1, 0.15) is 67.2 Å². The molecular formula is C22H45IN6O3. The van der Waals surface area contributed by atoms with Crippen molar-refractivity contribution in [3.63, 3.8) is 0 Å². The number of likely N-dealkylation sites (N-methyl/N-ethyl adjacent to an activating group) is 1. The highest BCUT2D eigenvalue weighted by atomic mass is 127. The van der Waals surface area contributed by atoms with Gasteiger partial charge >= 0.3 is 6.09 Å². The van der Waals surface area contributed by atoms with Crippen LogP contribution >= 0.6 is 24.0 Å². The van der Waals surface area contributed by atoms with Crippen LogP contribution in [0.2, 0.25) is 0 Å². The first-order valence-corrected chi connectivity index (χ1v) is 11.5. The predicted octanol–water partition coefficient (Wildman–Crippen LogP) is 2.45. The van der Waals surface area contributed by atoms with Gasteiger partial charge < -0.3 is 26.0 Å². The molecule has 0 bridgehead atoms. The van der Waals surface area contributed by atoms with Crippen molar-refractivity contribution in [3.05, 3.63) is 0 Å². The molecule has 4 N–H and O–H groups in total. The molecule has 1 fully saturated rings. The van der Waals surface area contributed by atoms with Gasteiger partial charge in [0.15, 0.2) is 5.96 Å². The van der Waals surface area contributed by atoms with Crippen LogP contribution in [0.4, 0.5) is 4.79 Å². The number of carbonyl (C=O) groups excluding carboxylic acids is 2. The average molecular weight is 569 g/mol. The highest BCUT2D eigenvalue weighted by molar-refractivity contribution is 14.0. The van der Waals surface area contributed by atoms with Crippen LogP contribution in [-0.4, -0.2) is 79.8 Å². The molecule has 0 aromatic heterocycles. The fourth-order valence-corrected chi connectivity index (χ4v) is 3.47. The molecule has 0 radical (unpaired) electrons. The Kier molecular flexibility index (Phi) is 14.2. The van der Waals surface area contributed by atoms with Gasteiger partial charge in [-0.15, -0.1) is 24.0 Å². The van der Waals surface area contributed by atoms with Gasteiger partial charge in [0.25, 0.3) is 0 Å². The summed E-state index contributed by atoms with van der Waals surface area (Å²) in [4.78, 5) is 30.9. The van der Waals surface area contributed by atoms with E-state index in [0.29, 0.717) is 19.1 Å². The SMILES string of the molecule is CCNC(=NCC(CC)(CC)NC(=O)OC(C)(C)C)NC1CCN(CC(=O)NC)CC1.I. The predicted molar refractivity (Wildman–Crippen MR) is 141 cm³/mol. The summed E-state index contributed by atoms with van der Waals surface area (Å²) in [5.41, 5.74) is -0.995. The van der Waals surface area contributed by atoms with Crippen LogP contribution in [0.3, 0.4) is 0 Å². The Labute approximate surface area is 211 Å². The molecule has 0 aliphatic carbocycles. The van der Waals surface area contributed by atoms with E-state index in [2.05, 4.69) is 40.0 Å². The number of hydrogen-bond donors (Lipinski definition) is 4. The van der Waals surface area contributed by atoms with Crippen molar-refractivity contribution in [2.24, 2.45) is 4.99 Å². The van der Waals surface area contributed by atoms with Gasteiger partial charge in [0.2, 0.25) is 5.91 Å². The fraction of sp³-hybridized carbons (Fsp3) is 0.864. The maximum absolute atomic E-state index is 12.4. The van der Waals surface area contributed by atoms with Gasteiger partial charge in [-0.3, -0.25) is 14.7 Å². The zero-order valence-electron chi connectivity index (χ0n) is 21.0. The first kappa shape index (κ1) is 30.7. The summed E-state index contributed by atoms with van der Waals surface area (Å²) in [6.07, 6.45) is 2.99. The maximum Gasteiger partial charge on any atom is 0.408 e. The maximum atomic E-state index is 12.4. The average Bonchev–Trinajstić information content (AvgIpc) is 2.71. The molecule has 0 aromatic carbocycles. The molecule has 1 rings (SSSR count). The van der Waals surface area contributed by atoms with Crippen LogP contribution < -0.4 is 21.3 Å². The van der Waals surface area contributed by atoms with E-state index in [1.165, 1.54) is 0 Å². The molecule has 1 aliphatic rings. The van der Waals surface area contributed by atoms with Gasteiger partial charge in [-0.25, -0.2) is 4.79 Å². The van der Waals surface area contributed by atoms with E-state index >= 15 is 0 Å². The van der Waals surface area contributed by atoms with E-state index in [9.17, 15) is 9.59 Å². The lowest BCUT2D eigenvalue weighted by molar-refractivity contribution is -0.122. The van der Waals surface area contributed by atoms with E-state index in [0.717, 1.165) is 51.3 Å². The lowest BCUT2D eigenvalue weighted by Crippen LogP contribution is -2.53. The normalized spacial score (nSPS) is 16.0. The fourth-order valence-electron chi connectivity index (χ4n) is 3.47. The summed E-state index contributed by atoms with van der Waals surface area (Å²) in [7, 11) is 1.67. The van der Waals surface area contributed by atoms with Crippen molar-refractivity contribution in [1.29, 1.82) is 0 Å². The molecule has 32 heavy (non-hydrogen) atoms. The number of halogens is 1. The molecule has 0 aromatic rings. The van der Waals surface area contributed by atoms with E-state index in [1.54, 1.807) is 7.05 Å². The highest BCUT2D eigenvalue weighted by Gasteiger charge is 2.31. The minimum absolute atomic E-state index is 0. The Morgan fingerprint density at radius 2 is 1.69 bits per heavy atom. The smallest absolute Gasteiger partial charge is 0.408 e. The number of nitrogens with one attached hydrogen (secondary N) is 4. The highest BCUT2D eigenvalue weighted by Crippen LogP contribution is 2.18. The molecule has 1 saturated heterocycles. The van der Waals surface area contributed by atoms with Crippen LogP contribution in [0.15, 0.2) is 4.99 Å². The molecule has 9 nitrogen and oxygen atoms in total. The minimum atomic E-state index is -0.538. The zero-order valence-corrected chi connectivity index (χ0v) is 23.3. The number of piperidine rings is 1. The first-order valence-electron chi connectivity index (χ1n) is 11.5. The molecule has 188 valence electrons. The van der Waals surface area contributed by atoms with Crippen molar-refractivity contribution < 1.29 is 14.3 Å². The molecule has 10 heteroatoms. The number of amides is 2. The molecule has 0 atom stereocenters. The van der Waals surface area contributed by atoms with Crippen molar-refractivity contribution in [1.82, 2.24) is 26.2 Å². The van der Waals surface area contributed by atoms with Crippen molar-refractivity contribution in [2.45, 2.75) is 84.4 Å². The van der Waals surface area contributed by atoms with Gasteiger partial charge in [-0.1, -0.05) is 13.8 Å². The molecule has 0 saturated carbocycles. The number of nitrogens with zero attached hydrogens (tertiary/aromatic N) is 2. The van der Waals surface area contributed by atoms with Gasteiger partial charge in [-0.2, -0.15) is 0 Å². The summed E-state index contributed by atoms with van der Waals surface area (Å²) in [5.74, 6) is 0.804. The van der Waals surface area contributed by atoms with Gasteiger partial charge in [0, 0.05) is 32.7 Å². The summed E-state index contributed by atoms with van der Waals surface area (Å²) < 4.78 is 5.46. The van der Waals surface area contributed by atoms with Gasteiger partial charge in [-0.05, 0) is 53.4 Å². The largest absolute Gasteiger partial charge is 0.444 e. The molecule has 0 unspecified atom stereocenters. The molecule has 0 spiro atoms. The topological polar surface area (TPSA) is 107 Å². The van der Waals surface area contributed by atoms with Crippen LogP contribution in [0.5, 0.6) is 0 Å². The monoisotopic (exact) mass is 568 g/mol. The number of likely N-dealkylation sites (tertiary alicyclic amines) is 1. The molecule has 2 amide bonds. The standard InChI is InChI=1S/C22H44N6O3.HI/c1-8-22(9-2,27-20(30)31-21(4,5)6)16-25-19(24-10-3)26-17-11-13-28(14-12-17)15-18(29)23-7;/h17H,8-16H2,1-7H3,(H,23,29)(H,27,30)(H2,24,25,26);1H. The number of hydrogen-bond acceptors (Lipinski definition) is 5. The second kappa shape index (κ2) is 14.8. The number of ether oxygens (including phenoxy) is 1. The van der Waals surface area contributed by atoms with Gasteiger partial charge in [0.05, 0.1) is 18.6 Å². The second-order valence-electron chi connectivity index (χ2n) is 9.18. The number of rotatable bonds is 9. The Morgan fingerprint density at radius 1 is 1.09 bits per heavy atom. The van der Waals surface area contributed by atoms with Crippen molar-refractivity contribution in [3.8, 4) is 0 Å². The summed E-state index contributed by atoms with van der Waals surface area (Å²) >= 11 is 0. The number of aliphatic imine (C=N–C) groups is 1. The third-order valence-electron chi connectivity index (χ3n) is 5.58. The first-order chi connectivity index (χ1) is 14.6. The Bertz CT molecular complexity index is 597. The Hall–Kier alpha value is -1.30. The minimum Gasteiger partial charge on any atom is -0.444 e.